The van der Waals surface area contributed by atoms with Gasteiger partial charge in [-0.25, -0.2) is 0 Å². The van der Waals surface area contributed by atoms with Crippen LogP contribution in [0, 0.1) is 0 Å². The standard InChI is InChI=1S/C9H12Cl2NPS/c1-12(2)13-14-6-7-3-4-8(10)5-9(7)11/h3-5,13H,6H2,1-2H3. The van der Waals surface area contributed by atoms with E-state index < -0.39 is 0 Å². The van der Waals surface area contributed by atoms with Crippen molar-refractivity contribution in [1.82, 2.24) is 4.67 Å². The van der Waals surface area contributed by atoms with E-state index in [1.165, 1.54) is 0 Å². The summed E-state index contributed by atoms with van der Waals surface area (Å²) in [7, 11) is 4.89. The number of nitrogens with zero attached hydrogens (tertiary/aromatic N) is 1. The Morgan fingerprint density at radius 3 is 2.64 bits per heavy atom. The second-order valence-electron chi connectivity index (χ2n) is 3.01. The fourth-order valence-electron chi connectivity index (χ4n) is 0.878. The number of hydrogen-bond acceptors (Lipinski definition) is 2. The highest BCUT2D eigenvalue weighted by atomic mass is 35.5. The zero-order chi connectivity index (χ0) is 10.6. The van der Waals surface area contributed by atoms with Gasteiger partial charge in [-0.3, -0.25) is 4.67 Å². The van der Waals surface area contributed by atoms with Crippen LogP contribution in [0.15, 0.2) is 18.2 Å². The van der Waals surface area contributed by atoms with Crippen molar-refractivity contribution in [2.75, 3.05) is 14.1 Å². The fraction of sp³-hybridized carbons (Fsp3) is 0.333. The van der Waals surface area contributed by atoms with Crippen LogP contribution in [-0.2, 0) is 5.75 Å². The van der Waals surface area contributed by atoms with E-state index in [4.69, 9.17) is 23.2 Å². The monoisotopic (exact) mass is 267 g/mol. The van der Waals surface area contributed by atoms with E-state index in [1.54, 1.807) is 6.07 Å². The van der Waals surface area contributed by atoms with Gasteiger partial charge >= 0.3 is 0 Å². The van der Waals surface area contributed by atoms with Crippen molar-refractivity contribution >= 4 is 42.5 Å². The molecule has 0 saturated heterocycles. The van der Waals surface area contributed by atoms with E-state index in [2.05, 4.69) is 18.8 Å². The maximum atomic E-state index is 6.04. The summed E-state index contributed by atoms with van der Waals surface area (Å²) in [5, 5.41) is 1.45. The SMILES string of the molecule is CN(C)PSCc1ccc(Cl)cc1Cl. The lowest BCUT2D eigenvalue weighted by Crippen LogP contribution is -1.93. The van der Waals surface area contributed by atoms with Gasteiger partial charge in [0.25, 0.3) is 0 Å². The molecule has 0 bridgehead atoms. The summed E-state index contributed by atoms with van der Waals surface area (Å²) < 4.78 is 2.16. The Balaban J connectivity index is 2.51. The molecule has 0 N–H and O–H groups in total. The molecule has 1 aromatic rings. The van der Waals surface area contributed by atoms with E-state index in [9.17, 15) is 0 Å². The lowest BCUT2D eigenvalue weighted by atomic mass is 10.2. The zero-order valence-electron chi connectivity index (χ0n) is 8.05. The first kappa shape index (κ1) is 12.6. The first-order valence-electron chi connectivity index (χ1n) is 4.08. The smallest absolute Gasteiger partial charge is 0.0461 e. The van der Waals surface area contributed by atoms with E-state index in [0.717, 1.165) is 24.3 Å². The molecule has 1 nitrogen and oxygen atoms in total. The van der Waals surface area contributed by atoms with Crippen molar-refractivity contribution in [3.63, 3.8) is 0 Å². The van der Waals surface area contributed by atoms with Gasteiger partial charge in [-0.15, -0.1) is 11.4 Å². The molecule has 78 valence electrons. The molecule has 0 aliphatic rings. The van der Waals surface area contributed by atoms with Crippen molar-refractivity contribution in [3.05, 3.63) is 33.8 Å². The van der Waals surface area contributed by atoms with Crippen LogP contribution in [0.4, 0.5) is 0 Å². The van der Waals surface area contributed by atoms with Crippen LogP contribution >= 0.6 is 42.5 Å². The van der Waals surface area contributed by atoms with Crippen molar-refractivity contribution in [2.24, 2.45) is 0 Å². The lowest BCUT2D eigenvalue weighted by molar-refractivity contribution is 0.700. The van der Waals surface area contributed by atoms with E-state index in [1.807, 2.05) is 23.5 Å². The summed E-state index contributed by atoms with van der Waals surface area (Å²) in [6.45, 7) is 0. The molecule has 1 rings (SSSR count). The highest BCUT2D eigenvalue weighted by Gasteiger charge is 2.01. The van der Waals surface area contributed by atoms with Gasteiger partial charge in [-0.2, -0.15) is 0 Å². The van der Waals surface area contributed by atoms with Gasteiger partial charge in [0.2, 0.25) is 0 Å². The average Bonchev–Trinajstić information content (AvgIpc) is 2.08. The van der Waals surface area contributed by atoms with Gasteiger partial charge in [0.15, 0.2) is 0 Å². The first-order chi connectivity index (χ1) is 6.59. The lowest BCUT2D eigenvalue weighted by Gasteiger charge is -2.09. The molecule has 14 heavy (non-hydrogen) atoms. The van der Waals surface area contributed by atoms with Crippen LogP contribution in [0.2, 0.25) is 10.0 Å². The number of hydrogen-bond donors (Lipinski definition) is 0. The van der Waals surface area contributed by atoms with Crippen LogP contribution in [0.25, 0.3) is 0 Å². The Morgan fingerprint density at radius 2 is 2.07 bits per heavy atom. The molecule has 0 radical (unpaired) electrons. The van der Waals surface area contributed by atoms with Gasteiger partial charge in [0, 0.05) is 23.7 Å². The van der Waals surface area contributed by atoms with Gasteiger partial charge in [-0.1, -0.05) is 29.3 Å². The summed E-state index contributed by atoms with van der Waals surface area (Å²) in [6.07, 6.45) is 0. The van der Waals surface area contributed by atoms with Crippen LogP contribution in [0.3, 0.4) is 0 Å². The molecule has 5 heteroatoms. The minimum absolute atomic E-state index is 0.693. The van der Waals surface area contributed by atoms with Crippen LogP contribution < -0.4 is 0 Å². The zero-order valence-corrected chi connectivity index (χ0v) is 11.4. The van der Waals surface area contributed by atoms with Crippen LogP contribution in [0.1, 0.15) is 5.56 Å². The third-order valence-electron chi connectivity index (χ3n) is 1.49. The molecule has 0 aliphatic heterocycles. The van der Waals surface area contributed by atoms with Gasteiger partial charge in [0.1, 0.15) is 0 Å². The molecule has 0 amide bonds. The summed E-state index contributed by atoms with van der Waals surface area (Å²) in [5.41, 5.74) is 1.15. The highest BCUT2D eigenvalue weighted by molar-refractivity contribution is 8.48. The van der Waals surface area contributed by atoms with Crippen molar-refractivity contribution in [2.45, 2.75) is 5.75 Å². The van der Waals surface area contributed by atoms with Crippen molar-refractivity contribution in [3.8, 4) is 0 Å². The predicted molar refractivity (Wildman–Crippen MR) is 69.8 cm³/mol. The Bertz CT molecular complexity index is 307. The number of halogens is 2. The largest absolute Gasteiger partial charge is 0.282 e. The second kappa shape index (κ2) is 6.19. The molecule has 1 unspecified atom stereocenters. The van der Waals surface area contributed by atoms with Crippen molar-refractivity contribution in [1.29, 1.82) is 0 Å². The molecular formula is C9H12Cl2NPS. The van der Waals surface area contributed by atoms with Gasteiger partial charge < -0.3 is 0 Å². The average molecular weight is 268 g/mol. The molecule has 0 aromatic heterocycles. The summed E-state index contributed by atoms with van der Waals surface area (Å²) in [4.78, 5) is 0. The molecule has 0 saturated carbocycles. The summed E-state index contributed by atoms with van der Waals surface area (Å²) in [5.74, 6) is 0.937. The summed E-state index contributed by atoms with van der Waals surface area (Å²) in [6, 6.07) is 5.65. The number of rotatable bonds is 4. The normalized spacial score (nSPS) is 11.8. The highest BCUT2D eigenvalue weighted by Crippen LogP contribution is 2.36. The second-order valence-corrected chi connectivity index (χ2v) is 6.92. The van der Waals surface area contributed by atoms with Crippen molar-refractivity contribution < 1.29 is 0 Å². The van der Waals surface area contributed by atoms with E-state index in [-0.39, 0.29) is 0 Å². The minimum atomic E-state index is 0.693. The maximum absolute atomic E-state index is 6.04. The van der Waals surface area contributed by atoms with E-state index in [0.29, 0.717) is 5.02 Å². The maximum Gasteiger partial charge on any atom is 0.0461 e. The predicted octanol–water partition coefficient (Wildman–Crippen LogP) is 4.30. The molecular weight excluding hydrogens is 256 g/mol. The fourth-order valence-corrected chi connectivity index (χ4v) is 3.60. The Morgan fingerprint density at radius 1 is 1.36 bits per heavy atom. The van der Waals surface area contributed by atoms with E-state index >= 15 is 0 Å². The molecule has 0 spiro atoms. The molecule has 0 aliphatic carbocycles. The van der Waals surface area contributed by atoms with Crippen LogP contribution in [0.5, 0.6) is 0 Å². The number of benzene rings is 1. The van der Waals surface area contributed by atoms with Crippen LogP contribution in [-0.4, -0.2) is 18.8 Å². The minimum Gasteiger partial charge on any atom is -0.282 e. The first-order valence-corrected chi connectivity index (χ1v) is 7.49. The quantitative estimate of drug-likeness (QED) is 0.749. The molecule has 1 aromatic carbocycles. The third kappa shape index (κ3) is 4.37. The molecule has 0 heterocycles. The molecule has 0 fully saturated rings. The summed E-state index contributed by atoms with van der Waals surface area (Å²) >= 11 is 13.7. The third-order valence-corrected chi connectivity index (χ3v) is 4.94. The topological polar surface area (TPSA) is 3.24 Å². The molecule has 1 atom stereocenters. The Labute approximate surface area is 101 Å². The van der Waals surface area contributed by atoms with Gasteiger partial charge in [-0.05, 0) is 31.8 Å². The Hall–Kier alpha value is 0.540. The Kier molecular flexibility index (Phi) is 5.58. The van der Waals surface area contributed by atoms with Gasteiger partial charge in [0.05, 0.1) is 0 Å².